The molecule has 3 unspecified atom stereocenters. The number of amides is 1. The minimum Gasteiger partial charge on any atom is -0.387 e. The molecule has 0 saturated heterocycles. The second kappa shape index (κ2) is 23.9. The van der Waals surface area contributed by atoms with Crippen LogP contribution in [0.1, 0.15) is 129 Å². The maximum absolute atomic E-state index is 12.4. The van der Waals surface area contributed by atoms with Crippen LogP contribution in [0.2, 0.25) is 0 Å². The molecule has 7 nitrogen and oxygen atoms in total. The first-order chi connectivity index (χ1) is 17.7. The van der Waals surface area contributed by atoms with Crippen molar-refractivity contribution in [3.8, 4) is 0 Å². The van der Waals surface area contributed by atoms with E-state index in [-0.39, 0.29) is 6.42 Å². The van der Waals surface area contributed by atoms with Gasteiger partial charge in [0, 0.05) is 0 Å². The summed E-state index contributed by atoms with van der Waals surface area (Å²) in [5.74, 6) is -1.56. The van der Waals surface area contributed by atoms with E-state index in [9.17, 15) is 28.0 Å². The summed E-state index contributed by atoms with van der Waals surface area (Å²) in [5, 5.41) is 23.0. The molecule has 1 amide bonds. The van der Waals surface area contributed by atoms with Crippen molar-refractivity contribution >= 4 is 16.0 Å². The van der Waals surface area contributed by atoms with Gasteiger partial charge in [-0.05, 0) is 32.1 Å². The van der Waals surface area contributed by atoms with Gasteiger partial charge >= 0.3 is 0 Å². The van der Waals surface area contributed by atoms with Crippen LogP contribution in [-0.2, 0) is 14.9 Å². The molecule has 3 atom stereocenters. The summed E-state index contributed by atoms with van der Waals surface area (Å²) in [6.07, 6.45) is 24.0. The van der Waals surface area contributed by atoms with Gasteiger partial charge < -0.3 is 15.5 Å². The van der Waals surface area contributed by atoms with Crippen LogP contribution < -0.4 is 5.32 Å². The van der Waals surface area contributed by atoms with E-state index in [1.165, 1.54) is 70.3 Å². The average Bonchev–Trinajstić information content (AvgIpc) is 2.84. The fourth-order valence-corrected chi connectivity index (χ4v) is 4.91. The molecular formula is C29H55NO6S. The number of hydrogen-bond donors (Lipinski definition) is 4. The van der Waals surface area contributed by atoms with Crippen molar-refractivity contribution in [3.05, 3.63) is 24.3 Å². The zero-order chi connectivity index (χ0) is 27.8. The lowest BCUT2D eigenvalue weighted by molar-refractivity contribution is -0.130. The lowest BCUT2D eigenvalue weighted by Gasteiger charge is -2.22. The summed E-state index contributed by atoms with van der Waals surface area (Å²) in [6, 6.07) is -1.24. The van der Waals surface area contributed by atoms with Gasteiger partial charge in [0.1, 0.15) is 6.10 Å². The summed E-state index contributed by atoms with van der Waals surface area (Å²) < 4.78 is 32.1. The Morgan fingerprint density at radius 1 is 0.730 bits per heavy atom. The van der Waals surface area contributed by atoms with E-state index in [4.69, 9.17) is 0 Å². The third-order valence-corrected chi connectivity index (χ3v) is 7.27. The van der Waals surface area contributed by atoms with Crippen molar-refractivity contribution < 1.29 is 28.0 Å². The fraction of sp³-hybridized carbons (Fsp3) is 0.828. The molecule has 0 aliphatic rings. The van der Waals surface area contributed by atoms with Crippen molar-refractivity contribution in [3.63, 3.8) is 0 Å². The first kappa shape index (κ1) is 35.8. The average molecular weight is 546 g/mol. The number of carbonyl (C=O) groups excluding carboxylic acids is 1. The van der Waals surface area contributed by atoms with E-state index in [0.29, 0.717) is 12.8 Å². The summed E-state index contributed by atoms with van der Waals surface area (Å²) in [6.45, 7) is 4.38. The second-order valence-corrected chi connectivity index (χ2v) is 11.7. The van der Waals surface area contributed by atoms with Gasteiger partial charge in [-0.2, -0.15) is 8.42 Å². The highest BCUT2D eigenvalue weighted by atomic mass is 32.2. The van der Waals surface area contributed by atoms with Crippen molar-refractivity contribution in [1.82, 2.24) is 5.32 Å². The number of nitrogens with one attached hydrogen (secondary N) is 1. The molecule has 0 fully saturated rings. The van der Waals surface area contributed by atoms with Gasteiger partial charge in [0.05, 0.1) is 17.9 Å². The van der Waals surface area contributed by atoms with E-state index in [1.54, 1.807) is 6.08 Å². The molecule has 0 aromatic rings. The lowest BCUT2D eigenvalue weighted by Crippen LogP contribution is -2.50. The number of allylic oxidation sites excluding steroid dienone is 3. The highest BCUT2D eigenvalue weighted by Gasteiger charge is 2.27. The van der Waals surface area contributed by atoms with Gasteiger partial charge in [0.25, 0.3) is 10.1 Å². The lowest BCUT2D eigenvalue weighted by atomic mass is 10.0. The third-order valence-electron chi connectivity index (χ3n) is 6.49. The molecule has 0 saturated carbocycles. The molecule has 218 valence electrons. The largest absolute Gasteiger partial charge is 0.387 e. The Hall–Kier alpha value is -1.22. The zero-order valence-corrected chi connectivity index (χ0v) is 24.3. The van der Waals surface area contributed by atoms with Crippen molar-refractivity contribution in [2.75, 3.05) is 5.75 Å². The Balaban J connectivity index is 4.32. The number of hydrogen-bond acceptors (Lipinski definition) is 5. The van der Waals surface area contributed by atoms with Crippen LogP contribution in [0.3, 0.4) is 0 Å². The highest BCUT2D eigenvalue weighted by Crippen LogP contribution is 2.13. The van der Waals surface area contributed by atoms with Crippen molar-refractivity contribution in [2.45, 2.75) is 148 Å². The highest BCUT2D eigenvalue weighted by molar-refractivity contribution is 7.85. The summed E-state index contributed by atoms with van der Waals surface area (Å²) in [7, 11) is -4.43. The van der Waals surface area contributed by atoms with Crippen LogP contribution in [0, 0.1) is 0 Å². The number of aliphatic hydroxyl groups excluding tert-OH is 2. The van der Waals surface area contributed by atoms with Crippen LogP contribution in [0.5, 0.6) is 0 Å². The van der Waals surface area contributed by atoms with E-state index < -0.39 is 40.0 Å². The topological polar surface area (TPSA) is 124 Å². The van der Waals surface area contributed by atoms with Gasteiger partial charge in [0.2, 0.25) is 5.91 Å². The van der Waals surface area contributed by atoms with Gasteiger partial charge in [0.15, 0.2) is 0 Å². The molecule has 0 radical (unpaired) electrons. The molecule has 0 aromatic carbocycles. The van der Waals surface area contributed by atoms with Gasteiger partial charge in [-0.3, -0.25) is 9.35 Å². The van der Waals surface area contributed by atoms with Crippen LogP contribution in [0.15, 0.2) is 24.3 Å². The number of unbranched alkanes of at least 4 members (excludes halogenated alkanes) is 14. The molecule has 0 aromatic heterocycles. The first-order valence-electron chi connectivity index (χ1n) is 14.6. The van der Waals surface area contributed by atoms with Crippen molar-refractivity contribution in [2.24, 2.45) is 0 Å². The van der Waals surface area contributed by atoms with E-state index in [0.717, 1.165) is 32.1 Å². The molecule has 8 heteroatoms. The SMILES string of the molecule is CCCCC/C=C/CC/C=C/C(O)C(CS(=O)(=O)O)NC(=O)C(O)CCCCCCCCCCCCC. The summed E-state index contributed by atoms with van der Waals surface area (Å²) in [5.41, 5.74) is 0. The molecular weight excluding hydrogens is 490 g/mol. The maximum Gasteiger partial charge on any atom is 0.267 e. The molecule has 0 aliphatic heterocycles. The van der Waals surface area contributed by atoms with Gasteiger partial charge in [-0.1, -0.05) is 122 Å². The van der Waals surface area contributed by atoms with Gasteiger partial charge in [-0.25, -0.2) is 0 Å². The minimum atomic E-state index is -4.43. The monoisotopic (exact) mass is 545 g/mol. The van der Waals surface area contributed by atoms with Crippen LogP contribution in [-0.4, -0.2) is 53.1 Å². The smallest absolute Gasteiger partial charge is 0.267 e. The summed E-state index contributed by atoms with van der Waals surface area (Å²) >= 11 is 0. The Morgan fingerprint density at radius 3 is 1.78 bits per heavy atom. The molecule has 37 heavy (non-hydrogen) atoms. The molecule has 0 heterocycles. The molecule has 0 aliphatic carbocycles. The standard InChI is InChI=1S/C29H55NO6S/c1-3-5-7-9-11-13-14-16-18-20-22-24-28(32)29(33)30-26(25-37(34,35)36)27(31)23-21-19-17-15-12-10-8-6-4-2/h12,15,21,23,26-28,31-32H,3-11,13-14,16-20,22,24-25H2,1-2H3,(H,30,33)(H,34,35,36)/b15-12+,23-21+. The third kappa shape index (κ3) is 23.6. The quantitative estimate of drug-likeness (QED) is 0.0610. The predicted molar refractivity (Wildman–Crippen MR) is 153 cm³/mol. The number of carbonyl (C=O) groups is 1. The molecule has 4 N–H and O–H groups in total. The minimum absolute atomic E-state index is 0.276. The normalized spacial score (nSPS) is 14.8. The Kier molecular flexibility index (Phi) is 23.1. The zero-order valence-electron chi connectivity index (χ0n) is 23.5. The van der Waals surface area contributed by atoms with Crippen LogP contribution in [0.25, 0.3) is 0 Å². The molecule has 0 rings (SSSR count). The predicted octanol–water partition coefficient (Wildman–Crippen LogP) is 6.25. The molecule has 0 bridgehead atoms. The van der Waals surface area contributed by atoms with Crippen molar-refractivity contribution in [1.29, 1.82) is 0 Å². The van der Waals surface area contributed by atoms with Gasteiger partial charge in [-0.15, -0.1) is 0 Å². The van der Waals surface area contributed by atoms with E-state index in [2.05, 4.69) is 31.3 Å². The molecule has 0 spiro atoms. The summed E-state index contributed by atoms with van der Waals surface area (Å²) in [4.78, 5) is 12.4. The number of rotatable bonds is 25. The fourth-order valence-electron chi connectivity index (χ4n) is 4.17. The Labute approximate surface area is 227 Å². The van der Waals surface area contributed by atoms with E-state index >= 15 is 0 Å². The maximum atomic E-state index is 12.4. The Morgan fingerprint density at radius 2 is 1.22 bits per heavy atom. The van der Waals surface area contributed by atoms with Crippen LogP contribution >= 0.6 is 0 Å². The Bertz CT molecular complexity index is 707. The van der Waals surface area contributed by atoms with Crippen LogP contribution in [0.4, 0.5) is 0 Å². The first-order valence-corrected chi connectivity index (χ1v) is 16.3. The second-order valence-electron chi connectivity index (χ2n) is 10.2. The number of aliphatic hydroxyl groups is 2. The van der Waals surface area contributed by atoms with E-state index in [1.807, 2.05) is 0 Å².